The van der Waals surface area contributed by atoms with Gasteiger partial charge in [-0.25, -0.2) is 0 Å². The number of carbonyl (C=O) groups excluding carboxylic acids is 3. The second-order valence-corrected chi connectivity index (χ2v) is 8.87. The second-order valence-electron chi connectivity index (χ2n) is 8.87. The summed E-state index contributed by atoms with van der Waals surface area (Å²) in [6, 6.07) is 13.2. The lowest BCUT2D eigenvalue weighted by molar-refractivity contribution is -0.137. The zero-order chi connectivity index (χ0) is 24.7. The van der Waals surface area contributed by atoms with Crippen LogP contribution in [0, 0.1) is 0 Å². The minimum absolute atomic E-state index is 0.0121. The summed E-state index contributed by atoms with van der Waals surface area (Å²) in [4.78, 5) is 48.8. The molecule has 0 saturated carbocycles. The molecule has 1 spiro atoms. The summed E-state index contributed by atoms with van der Waals surface area (Å²) in [6.45, 7) is 4.98. The summed E-state index contributed by atoms with van der Waals surface area (Å²) in [5, 5.41) is 2.89. The lowest BCUT2D eigenvalue weighted by atomic mass is 9.85. The van der Waals surface area contributed by atoms with E-state index < -0.39 is 5.54 Å². The molecule has 0 bridgehead atoms. The second kappa shape index (κ2) is 11.3. The summed E-state index contributed by atoms with van der Waals surface area (Å²) in [7, 11) is 0. The molecule has 0 atom stereocenters. The molecule has 2 aliphatic rings. The van der Waals surface area contributed by atoms with Crippen molar-refractivity contribution >= 4 is 23.4 Å². The molecule has 186 valence electrons. The minimum atomic E-state index is -0.772. The highest BCUT2D eigenvalue weighted by molar-refractivity contribution is 5.97. The summed E-state index contributed by atoms with van der Waals surface area (Å²) >= 11 is 0. The maximum Gasteiger partial charge on any atom is 0.253 e. The number of ether oxygens (including phenoxy) is 1. The van der Waals surface area contributed by atoms with Gasteiger partial charge in [0.25, 0.3) is 11.8 Å². The summed E-state index contributed by atoms with van der Waals surface area (Å²) in [5.41, 5.74) is 0.761. The summed E-state index contributed by atoms with van der Waals surface area (Å²) in [5.74, 6) is -0.283. The van der Waals surface area contributed by atoms with Crippen LogP contribution in [-0.4, -0.2) is 84.1 Å². The van der Waals surface area contributed by atoms with Gasteiger partial charge in [0.05, 0.1) is 6.67 Å². The van der Waals surface area contributed by atoms with Gasteiger partial charge in [-0.15, -0.1) is 0 Å². The first-order valence-corrected chi connectivity index (χ1v) is 12.2. The molecule has 1 N–H and O–H groups in total. The van der Waals surface area contributed by atoms with Crippen LogP contribution in [0.2, 0.25) is 0 Å². The lowest BCUT2D eigenvalue weighted by Crippen LogP contribution is -2.57. The van der Waals surface area contributed by atoms with Crippen LogP contribution in [0.5, 0.6) is 0 Å². The number of likely N-dealkylation sites (tertiary alicyclic amines) is 1. The number of nitrogens with one attached hydrogen (secondary N) is 1. The fraction of sp³-hybridized carbons (Fsp3) is 0.462. The average molecular weight is 480 g/mol. The van der Waals surface area contributed by atoms with Crippen molar-refractivity contribution in [1.29, 1.82) is 0 Å². The van der Waals surface area contributed by atoms with E-state index in [-0.39, 0.29) is 24.3 Å². The Hall–Kier alpha value is -3.46. The SMILES string of the molecule is CCOCCCNC(=O)CN1CN(c2ccccc2)C2(CCN(C(=O)c3ccncc3)CC2)C1=O. The van der Waals surface area contributed by atoms with Crippen LogP contribution in [0.1, 0.15) is 36.5 Å². The molecule has 4 rings (SSSR count). The molecule has 0 unspecified atom stereocenters. The van der Waals surface area contributed by atoms with Crippen LogP contribution >= 0.6 is 0 Å². The van der Waals surface area contributed by atoms with E-state index >= 15 is 0 Å². The zero-order valence-corrected chi connectivity index (χ0v) is 20.2. The molecular formula is C26H33N5O4. The molecule has 1 aromatic carbocycles. The maximum atomic E-state index is 13.7. The highest BCUT2D eigenvalue weighted by atomic mass is 16.5. The van der Waals surface area contributed by atoms with Gasteiger partial charge in [-0.1, -0.05) is 18.2 Å². The van der Waals surface area contributed by atoms with Gasteiger partial charge in [-0.05, 0) is 50.5 Å². The molecule has 0 aliphatic carbocycles. The van der Waals surface area contributed by atoms with Crippen molar-refractivity contribution in [3.63, 3.8) is 0 Å². The third-order valence-corrected chi connectivity index (χ3v) is 6.71. The first kappa shape index (κ1) is 24.7. The van der Waals surface area contributed by atoms with Gasteiger partial charge in [-0.3, -0.25) is 19.4 Å². The fourth-order valence-electron chi connectivity index (χ4n) is 4.85. The molecule has 2 aliphatic heterocycles. The van der Waals surface area contributed by atoms with E-state index in [9.17, 15) is 14.4 Å². The zero-order valence-electron chi connectivity index (χ0n) is 20.2. The Morgan fingerprint density at radius 3 is 2.49 bits per heavy atom. The Morgan fingerprint density at radius 2 is 1.80 bits per heavy atom. The van der Waals surface area contributed by atoms with Crippen molar-refractivity contribution in [1.82, 2.24) is 20.1 Å². The number of hydrogen-bond donors (Lipinski definition) is 1. The van der Waals surface area contributed by atoms with E-state index in [1.165, 1.54) is 0 Å². The van der Waals surface area contributed by atoms with Crippen LogP contribution in [0.4, 0.5) is 5.69 Å². The number of benzene rings is 1. The third-order valence-electron chi connectivity index (χ3n) is 6.71. The van der Waals surface area contributed by atoms with Gasteiger partial charge in [0.1, 0.15) is 12.1 Å². The highest BCUT2D eigenvalue weighted by Gasteiger charge is 2.54. The topological polar surface area (TPSA) is 95.1 Å². The van der Waals surface area contributed by atoms with Gasteiger partial charge in [0.2, 0.25) is 5.91 Å². The van der Waals surface area contributed by atoms with E-state index in [1.54, 1.807) is 34.3 Å². The number of aromatic nitrogens is 1. The first-order valence-electron chi connectivity index (χ1n) is 12.2. The Balaban J connectivity index is 1.45. The summed E-state index contributed by atoms with van der Waals surface area (Å²) in [6.07, 6.45) is 4.95. The van der Waals surface area contributed by atoms with Crippen LogP contribution in [0.25, 0.3) is 0 Å². The van der Waals surface area contributed by atoms with Gasteiger partial charge >= 0.3 is 0 Å². The number of anilines is 1. The number of pyridine rings is 1. The van der Waals surface area contributed by atoms with Crippen molar-refractivity contribution in [3.05, 3.63) is 60.4 Å². The maximum absolute atomic E-state index is 13.7. The van der Waals surface area contributed by atoms with Gasteiger partial charge in [0.15, 0.2) is 0 Å². The van der Waals surface area contributed by atoms with Gasteiger partial charge < -0.3 is 24.8 Å². The van der Waals surface area contributed by atoms with Crippen molar-refractivity contribution in [2.75, 3.05) is 51.0 Å². The molecular weight excluding hydrogens is 446 g/mol. The molecule has 2 fully saturated rings. The predicted octanol–water partition coefficient (Wildman–Crippen LogP) is 1.91. The number of carbonyl (C=O) groups is 3. The summed E-state index contributed by atoms with van der Waals surface area (Å²) < 4.78 is 5.30. The largest absolute Gasteiger partial charge is 0.382 e. The standard InChI is InChI=1S/C26H33N5O4/c1-2-35-18-6-13-28-23(32)19-30-20-31(22-7-4-3-5-8-22)26(25(30)34)11-16-29(17-12-26)24(33)21-9-14-27-15-10-21/h3-5,7-10,14-15H,2,6,11-13,16-20H2,1H3,(H,28,32). The molecule has 3 heterocycles. The minimum Gasteiger partial charge on any atom is -0.382 e. The smallest absolute Gasteiger partial charge is 0.253 e. The van der Waals surface area contributed by atoms with Crippen LogP contribution < -0.4 is 10.2 Å². The van der Waals surface area contributed by atoms with Gasteiger partial charge in [-0.2, -0.15) is 0 Å². The van der Waals surface area contributed by atoms with Crippen molar-refractivity contribution < 1.29 is 19.1 Å². The lowest BCUT2D eigenvalue weighted by Gasteiger charge is -2.43. The third kappa shape index (κ3) is 5.45. The Morgan fingerprint density at radius 1 is 1.09 bits per heavy atom. The normalized spacial score (nSPS) is 17.2. The average Bonchev–Trinajstić information content (AvgIpc) is 3.15. The molecule has 9 heteroatoms. The van der Waals surface area contributed by atoms with Crippen molar-refractivity contribution in [2.24, 2.45) is 0 Å². The molecule has 1 aromatic heterocycles. The highest BCUT2D eigenvalue weighted by Crippen LogP contribution is 2.39. The van der Waals surface area contributed by atoms with Crippen LogP contribution in [-0.2, 0) is 14.3 Å². The Labute approximate surface area is 206 Å². The molecule has 35 heavy (non-hydrogen) atoms. The number of piperidine rings is 1. The number of amides is 3. The fourth-order valence-corrected chi connectivity index (χ4v) is 4.85. The van der Waals surface area contributed by atoms with Crippen molar-refractivity contribution in [3.8, 4) is 0 Å². The quantitative estimate of drug-likeness (QED) is 0.552. The molecule has 9 nitrogen and oxygen atoms in total. The van der Waals surface area contributed by atoms with Gasteiger partial charge in [0, 0.05) is 56.5 Å². The first-order chi connectivity index (χ1) is 17.0. The van der Waals surface area contributed by atoms with E-state index in [4.69, 9.17) is 4.74 Å². The van der Waals surface area contributed by atoms with Crippen molar-refractivity contribution in [2.45, 2.75) is 31.7 Å². The molecule has 2 saturated heterocycles. The number of rotatable bonds is 9. The van der Waals surface area contributed by atoms with E-state index in [0.29, 0.717) is 57.9 Å². The number of hydrogen-bond acceptors (Lipinski definition) is 6. The Kier molecular flexibility index (Phi) is 7.97. The number of para-hydroxylation sites is 1. The molecule has 2 aromatic rings. The Bertz CT molecular complexity index is 1010. The molecule has 0 radical (unpaired) electrons. The van der Waals surface area contributed by atoms with Crippen LogP contribution in [0.15, 0.2) is 54.9 Å². The monoisotopic (exact) mass is 479 g/mol. The number of nitrogens with zero attached hydrogens (tertiary/aromatic N) is 4. The van der Waals surface area contributed by atoms with E-state index in [1.807, 2.05) is 37.3 Å². The predicted molar refractivity (Wildman–Crippen MR) is 132 cm³/mol. The van der Waals surface area contributed by atoms with E-state index in [2.05, 4.69) is 15.2 Å². The van der Waals surface area contributed by atoms with Crippen LogP contribution in [0.3, 0.4) is 0 Å². The van der Waals surface area contributed by atoms with E-state index in [0.717, 1.165) is 12.1 Å². The molecule has 3 amide bonds.